The van der Waals surface area contributed by atoms with Crippen molar-refractivity contribution in [3.05, 3.63) is 17.5 Å². The van der Waals surface area contributed by atoms with Crippen molar-refractivity contribution in [1.82, 2.24) is 24.9 Å². The molecule has 1 aromatic rings. The summed E-state index contributed by atoms with van der Waals surface area (Å²) in [5.74, 6) is 2.10. The highest BCUT2D eigenvalue weighted by atomic mass is 15.3. The van der Waals surface area contributed by atoms with E-state index >= 15 is 0 Å². The Kier molecular flexibility index (Phi) is 8.14. The van der Waals surface area contributed by atoms with E-state index in [1.165, 1.54) is 43.6 Å². The Balaban J connectivity index is 1.96. The number of nitrogens with one attached hydrogen (secondary N) is 1. The molecule has 1 aromatic heterocycles. The van der Waals surface area contributed by atoms with Gasteiger partial charge in [0.2, 0.25) is 0 Å². The number of rotatable bonds is 7. The lowest BCUT2D eigenvalue weighted by Crippen LogP contribution is -2.50. The van der Waals surface area contributed by atoms with Crippen LogP contribution in [0.1, 0.15) is 64.1 Å². The smallest absolute Gasteiger partial charge is 0.193 e. The maximum absolute atomic E-state index is 4.63. The summed E-state index contributed by atoms with van der Waals surface area (Å²) in [6.45, 7) is 13.2. The molecule has 0 amide bonds. The fraction of sp³-hybridized carbons (Fsp3) is 0.810. The van der Waals surface area contributed by atoms with Crippen molar-refractivity contribution in [2.75, 3.05) is 33.7 Å². The van der Waals surface area contributed by atoms with E-state index in [2.05, 4.69) is 66.1 Å². The fourth-order valence-electron chi connectivity index (χ4n) is 4.09. The van der Waals surface area contributed by atoms with E-state index in [0.717, 1.165) is 19.0 Å². The first kappa shape index (κ1) is 21.7. The van der Waals surface area contributed by atoms with Crippen molar-refractivity contribution in [2.24, 2.45) is 18.0 Å². The van der Waals surface area contributed by atoms with Crippen LogP contribution in [-0.2, 0) is 13.6 Å². The Labute approximate surface area is 166 Å². The molecule has 0 bridgehead atoms. The fourth-order valence-corrected chi connectivity index (χ4v) is 4.09. The van der Waals surface area contributed by atoms with Gasteiger partial charge in [0.1, 0.15) is 0 Å². The van der Waals surface area contributed by atoms with Crippen molar-refractivity contribution < 1.29 is 0 Å². The molecule has 1 aliphatic rings. The Morgan fingerprint density at radius 3 is 2.70 bits per heavy atom. The summed E-state index contributed by atoms with van der Waals surface area (Å²) in [7, 11) is 5.98. The Morgan fingerprint density at radius 2 is 2.07 bits per heavy atom. The lowest BCUT2D eigenvalue weighted by molar-refractivity contribution is 0.133. The SMILES string of the molecule is CN=C(NCC1CCCCN1CC(C)C)N(C)Cc1cn(C)nc1C(C)C. The molecule has 6 nitrogen and oxygen atoms in total. The van der Waals surface area contributed by atoms with E-state index in [9.17, 15) is 0 Å². The van der Waals surface area contributed by atoms with Crippen molar-refractivity contribution in [1.29, 1.82) is 0 Å². The summed E-state index contributed by atoms with van der Waals surface area (Å²) in [4.78, 5) is 9.39. The summed E-state index contributed by atoms with van der Waals surface area (Å²) < 4.78 is 1.92. The van der Waals surface area contributed by atoms with Gasteiger partial charge in [0.15, 0.2) is 5.96 Å². The molecule has 1 aliphatic heterocycles. The second-order valence-corrected chi connectivity index (χ2v) is 8.69. The van der Waals surface area contributed by atoms with Gasteiger partial charge < -0.3 is 10.2 Å². The zero-order valence-corrected chi connectivity index (χ0v) is 18.5. The molecular weight excluding hydrogens is 336 g/mol. The van der Waals surface area contributed by atoms with Crippen LogP contribution >= 0.6 is 0 Å². The molecule has 0 radical (unpaired) electrons. The predicted molar refractivity (Wildman–Crippen MR) is 114 cm³/mol. The largest absolute Gasteiger partial charge is 0.355 e. The molecule has 0 spiro atoms. The molecule has 1 atom stereocenters. The highest BCUT2D eigenvalue weighted by molar-refractivity contribution is 5.79. The molecule has 1 N–H and O–H groups in total. The Bertz CT molecular complexity index is 604. The normalized spacial score (nSPS) is 19.1. The van der Waals surface area contributed by atoms with E-state index in [1.807, 2.05) is 18.8 Å². The number of piperidine rings is 1. The van der Waals surface area contributed by atoms with Crippen LogP contribution in [0.2, 0.25) is 0 Å². The summed E-state index contributed by atoms with van der Waals surface area (Å²) in [5.41, 5.74) is 2.45. The molecule has 27 heavy (non-hydrogen) atoms. The van der Waals surface area contributed by atoms with E-state index in [4.69, 9.17) is 0 Å². The minimum absolute atomic E-state index is 0.427. The predicted octanol–water partition coefficient (Wildman–Crippen LogP) is 3.06. The molecule has 1 saturated heterocycles. The molecule has 0 aliphatic carbocycles. The number of hydrogen-bond donors (Lipinski definition) is 1. The van der Waals surface area contributed by atoms with E-state index < -0.39 is 0 Å². The first-order chi connectivity index (χ1) is 12.8. The van der Waals surface area contributed by atoms with Crippen molar-refractivity contribution in [3.63, 3.8) is 0 Å². The van der Waals surface area contributed by atoms with Gasteiger partial charge in [0, 0.05) is 58.6 Å². The molecular formula is C21H40N6. The maximum Gasteiger partial charge on any atom is 0.193 e. The molecule has 0 aromatic carbocycles. The molecule has 6 heteroatoms. The zero-order chi connectivity index (χ0) is 20.0. The third-order valence-electron chi connectivity index (χ3n) is 5.31. The van der Waals surface area contributed by atoms with Crippen LogP contribution in [0.15, 0.2) is 11.2 Å². The summed E-state index contributed by atoms with van der Waals surface area (Å²) in [6.07, 6.45) is 6.07. The van der Waals surface area contributed by atoms with Crippen LogP contribution < -0.4 is 5.32 Å². The minimum atomic E-state index is 0.427. The third kappa shape index (κ3) is 6.23. The summed E-state index contributed by atoms with van der Waals surface area (Å²) in [6, 6.07) is 0.607. The van der Waals surface area contributed by atoms with E-state index in [1.54, 1.807) is 0 Å². The second kappa shape index (κ2) is 10.1. The number of aliphatic imine (C=N–C) groups is 1. The number of guanidine groups is 1. The van der Waals surface area contributed by atoms with E-state index in [-0.39, 0.29) is 0 Å². The van der Waals surface area contributed by atoms with Gasteiger partial charge >= 0.3 is 0 Å². The number of nitrogens with zero attached hydrogens (tertiary/aromatic N) is 5. The first-order valence-corrected chi connectivity index (χ1v) is 10.5. The average molecular weight is 377 g/mol. The number of aryl methyl sites for hydroxylation is 1. The van der Waals surface area contributed by atoms with Gasteiger partial charge in [0.05, 0.1) is 5.69 Å². The van der Waals surface area contributed by atoms with Gasteiger partial charge in [0.25, 0.3) is 0 Å². The molecule has 0 saturated carbocycles. The van der Waals surface area contributed by atoms with Crippen LogP contribution in [0.3, 0.4) is 0 Å². The lowest BCUT2D eigenvalue weighted by Gasteiger charge is -2.37. The minimum Gasteiger partial charge on any atom is -0.355 e. The number of hydrogen-bond acceptors (Lipinski definition) is 3. The quantitative estimate of drug-likeness (QED) is 0.587. The van der Waals surface area contributed by atoms with Gasteiger partial charge in [-0.2, -0.15) is 5.10 Å². The Hall–Kier alpha value is -1.56. The molecule has 1 unspecified atom stereocenters. The van der Waals surface area contributed by atoms with Crippen LogP contribution in [0, 0.1) is 5.92 Å². The summed E-state index contributed by atoms with van der Waals surface area (Å²) >= 11 is 0. The van der Waals surface area contributed by atoms with Gasteiger partial charge in [-0.3, -0.25) is 14.6 Å². The molecule has 2 rings (SSSR count). The highest BCUT2D eigenvalue weighted by Crippen LogP contribution is 2.19. The molecule has 1 fully saturated rings. The van der Waals surface area contributed by atoms with Crippen LogP contribution in [0.4, 0.5) is 0 Å². The third-order valence-corrected chi connectivity index (χ3v) is 5.31. The van der Waals surface area contributed by atoms with Crippen molar-refractivity contribution >= 4 is 5.96 Å². The van der Waals surface area contributed by atoms with Gasteiger partial charge in [-0.1, -0.05) is 34.1 Å². The van der Waals surface area contributed by atoms with Gasteiger partial charge in [-0.25, -0.2) is 0 Å². The zero-order valence-electron chi connectivity index (χ0n) is 18.5. The van der Waals surface area contributed by atoms with Crippen molar-refractivity contribution in [2.45, 2.75) is 65.5 Å². The highest BCUT2D eigenvalue weighted by Gasteiger charge is 2.23. The van der Waals surface area contributed by atoms with Gasteiger partial charge in [-0.15, -0.1) is 0 Å². The average Bonchev–Trinajstić information content (AvgIpc) is 2.97. The van der Waals surface area contributed by atoms with E-state index in [0.29, 0.717) is 17.9 Å². The van der Waals surface area contributed by atoms with Crippen LogP contribution in [0.5, 0.6) is 0 Å². The van der Waals surface area contributed by atoms with Gasteiger partial charge in [-0.05, 0) is 31.2 Å². The lowest BCUT2D eigenvalue weighted by atomic mass is 10.0. The standard InChI is InChI=1S/C21H40N6/c1-16(2)13-27-11-9-8-10-19(27)12-23-21(22-5)25(6)14-18-15-26(7)24-20(18)17(3)4/h15-17,19H,8-14H2,1-7H3,(H,22,23). The summed E-state index contributed by atoms with van der Waals surface area (Å²) in [5, 5.41) is 8.25. The number of likely N-dealkylation sites (tertiary alicyclic amines) is 1. The monoisotopic (exact) mass is 376 g/mol. The Morgan fingerprint density at radius 1 is 1.33 bits per heavy atom. The van der Waals surface area contributed by atoms with Crippen molar-refractivity contribution in [3.8, 4) is 0 Å². The maximum atomic E-state index is 4.63. The molecule has 154 valence electrons. The first-order valence-electron chi connectivity index (χ1n) is 10.5. The topological polar surface area (TPSA) is 48.7 Å². The second-order valence-electron chi connectivity index (χ2n) is 8.69. The van der Waals surface area contributed by atoms with Crippen LogP contribution in [0.25, 0.3) is 0 Å². The van der Waals surface area contributed by atoms with Crippen LogP contribution in [-0.4, -0.2) is 65.3 Å². The number of aromatic nitrogens is 2. The molecule has 2 heterocycles.